The summed E-state index contributed by atoms with van der Waals surface area (Å²) >= 11 is 0. The van der Waals surface area contributed by atoms with Crippen LogP contribution in [0.4, 0.5) is 5.95 Å². The van der Waals surface area contributed by atoms with Crippen molar-refractivity contribution in [1.29, 1.82) is 0 Å². The number of aromatic nitrogens is 2. The molecule has 2 rings (SSSR count). The number of carboxylic acids is 1. The molecule has 164 valence electrons. The lowest BCUT2D eigenvalue weighted by Gasteiger charge is -2.38. The highest BCUT2D eigenvalue weighted by Crippen LogP contribution is 2.29. The van der Waals surface area contributed by atoms with Crippen LogP contribution in [0, 0.1) is 6.92 Å². The van der Waals surface area contributed by atoms with E-state index in [4.69, 9.17) is 15.2 Å². The van der Waals surface area contributed by atoms with E-state index in [2.05, 4.69) is 9.97 Å². The Hall–Kier alpha value is -1.93. The van der Waals surface area contributed by atoms with Crippen molar-refractivity contribution in [2.75, 3.05) is 38.3 Å². The largest absolute Gasteiger partial charge is 0.481 e. The van der Waals surface area contributed by atoms with E-state index in [1.165, 1.54) is 0 Å². The molecule has 1 aliphatic heterocycles. The second-order valence-electron chi connectivity index (χ2n) is 5.28. The predicted octanol–water partition coefficient (Wildman–Crippen LogP) is 3.27. The number of methoxy groups -OCH3 is 1. The maximum absolute atomic E-state index is 11.5. The van der Waals surface area contributed by atoms with Gasteiger partial charge in [-0.1, -0.05) is 41.5 Å². The topological polar surface area (TPSA) is 111 Å². The predicted molar refractivity (Wildman–Crippen MR) is 114 cm³/mol. The fourth-order valence-electron chi connectivity index (χ4n) is 2.51. The second kappa shape index (κ2) is 16.1. The van der Waals surface area contributed by atoms with Gasteiger partial charge in [-0.3, -0.25) is 0 Å². The highest BCUT2D eigenvalue weighted by molar-refractivity contribution is 5.78. The smallest absolute Gasteiger partial charge is 0.336 e. The zero-order valence-electron chi connectivity index (χ0n) is 18.9. The number of aliphatic carboxylic acids is 1. The Morgan fingerprint density at radius 3 is 2.14 bits per heavy atom. The van der Waals surface area contributed by atoms with Crippen LogP contribution in [0.15, 0.2) is 6.07 Å². The monoisotopic (exact) mass is 400 g/mol. The minimum absolute atomic E-state index is 0.237. The molecule has 0 bridgehead atoms. The van der Waals surface area contributed by atoms with Gasteiger partial charge in [0.05, 0.1) is 13.7 Å². The number of ether oxygens (including phenoxy) is 2. The van der Waals surface area contributed by atoms with Crippen molar-refractivity contribution >= 4 is 11.9 Å². The molecular weight excluding hydrogens is 360 g/mol. The van der Waals surface area contributed by atoms with Crippen LogP contribution in [0.2, 0.25) is 0 Å². The molecule has 0 aliphatic carbocycles. The number of hydrogen-bond donors (Lipinski definition) is 2. The van der Waals surface area contributed by atoms with Crippen molar-refractivity contribution in [3.63, 3.8) is 0 Å². The first kappa shape index (κ1) is 28.3. The minimum atomic E-state index is -1.16. The van der Waals surface area contributed by atoms with Gasteiger partial charge < -0.3 is 25.2 Å². The van der Waals surface area contributed by atoms with Crippen molar-refractivity contribution in [2.45, 2.75) is 66.9 Å². The lowest BCUT2D eigenvalue weighted by Crippen LogP contribution is -2.52. The molecule has 1 aromatic rings. The summed E-state index contributed by atoms with van der Waals surface area (Å²) in [5, 5.41) is 9.46. The molecule has 0 saturated carbocycles. The van der Waals surface area contributed by atoms with Gasteiger partial charge in [-0.05, 0) is 6.92 Å². The second-order valence-corrected chi connectivity index (χ2v) is 5.28. The van der Waals surface area contributed by atoms with Crippen molar-refractivity contribution in [3.8, 4) is 5.88 Å². The van der Waals surface area contributed by atoms with E-state index in [9.17, 15) is 9.90 Å². The number of carboxylic acid groups (broad SMARTS) is 1. The fourth-order valence-corrected chi connectivity index (χ4v) is 2.51. The maximum atomic E-state index is 11.5. The van der Waals surface area contributed by atoms with E-state index in [1.54, 1.807) is 13.2 Å². The van der Waals surface area contributed by atoms with Crippen LogP contribution in [0.25, 0.3) is 0 Å². The molecule has 3 N–H and O–H groups in total. The average molecular weight is 401 g/mol. The number of nitrogens with two attached hydrogens (primary N) is 1. The van der Waals surface area contributed by atoms with Gasteiger partial charge in [0, 0.05) is 44.2 Å². The third-order valence-electron chi connectivity index (χ3n) is 3.77. The fraction of sp³-hybridized carbons (Fsp3) is 0.750. The molecule has 2 heterocycles. The molecule has 0 amide bonds. The summed E-state index contributed by atoms with van der Waals surface area (Å²) in [5.74, 6) is 0.106. The van der Waals surface area contributed by atoms with Gasteiger partial charge >= 0.3 is 5.97 Å². The van der Waals surface area contributed by atoms with Gasteiger partial charge in [0.25, 0.3) is 0 Å². The SMILES string of the molecule is CC.CC.CC.COc1cc(C)nc(N2CCC(OCCN)(C(=O)O)CC2)n1. The zero-order valence-corrected chi connectivity index (χ0v) is 18.9. The number of carbonyl (C=O) groups is 1. The molecule has 0 atom stereocenters. The normalized spacial score (nSPS) is 14.2. The van der Waals surface area contributed by atoms with Crippen LogP contribution in [0.3, 0.4) is 0 Å². The third kappa shape index (κ3) is 8.39. The van der Waals surface area contributed by atoms with E-state index >= 15 is 0 Å². The molecule has 1 saturated heterocycles. The van der Waals surface area contributed by atoms with Crippen molar-refractivity contribution in [3.05, 3.63) is 11.8 Å². The summed E-state index contributed by atoms with van der Waals surface area (Å²) in [5.41, 5.74) is 5.05. The Morgan fingerprint density at radius 1 is 1.18 bits per heavy atom. The highest BCUT2D eigenvalue weighted by Gasteiger charge is 2.43. The van der Waals surface area contributed by atoms with Crippen LogP contribution in [-0.2, 0) is 9.53 Å². The molecular formula is C20H40N4O4. The van der Waals surface area contributed by atoms with Gasteiger partial charge in [-0.15, -0.1) is 0 Å². The first-order chi connectivity index (χ1) is 13.5. The average Bonchev–Trinajstić information content (AvgIpc) is 2.76. The van der Waals surface area contributed by atoms with E-state index in [0.29, 0.717) is 44.3 Å². The Morgan fingerprint density at radius 2 is 1.71 bits per heavy atom. The molecule has 28 heavy (non-hydrogen) atoms. The highest BCUT2D eigenvalue weighted by atomic mass is 16.5. The molecule has 8 nitrogen and oxygen atoms in total. The van der Waals surface area contributed by atoms with Gasteiger partial charge in [0.15, 0.2) is 5.60 Å². The van der Waals surface area contributed by atoms with Crippen molar-refractivity contribution in [2.24, 2.45) is 5.73 Å². The Bertz CT molecular complexity index is 533. The van der Waals surface area contributed by atoms with Crippen LogP contribution in [0.1, 0.15) is 60.1 Å². The van der Waals surface area contributed by atoms with E-state index in [0.717, 1.165) is 5.69 Å². The zero-order chi connectivity index (χ0) is 22.2. The molecule has 0 radical (unpaired) electrons. The third-order valence-corrected chi connectivity index (χ3v) is 3.77. The summed E-state index contributed by atoms with van der Waals surface area (Å²) < 4.78 is 10.7. The summed E-state index contributed by atoms with van der Waals surface area (Å²) in [4.78, 5) is 22.2. The van der Waals surface area contributed by atoms with E-state index in [1.807, 2.05) is 53.4 Å². The number of rotatable bonds is 6. The molecule has 1 fully saturated rings. The molecule has 0 unspecified atom stereocenters. The Labute approximate surface area is 170 Å². The Kier molecular flexibility index (Phi) is 16.2. The lowest BCUT2D eigenvalue weighted by atomic mass is 9.91. The molecule has 1 aliphatic rings. The molecule has 0 spiro atoms. The van der Waals surface area contributed by atoms with E-state index in [-0.39, 0.29) is 6.61 Å². The summed E-state index contributed by atoms with van der Waals surface area (Å²) in [6.07, 6.45) is 0.726. The van der Waals surface area contributed by atoms with Crippen molar-refractivity contribution < 1.29 is 19.4 Å². The lowest BCUT2D eigenvalue weighted by molar-refractivity contribution is -0.168. The number of piperidine rings is 1. The Balaban J connectivity index is 0. The quantitative estimate of drug-likeness (QED) is 0.748. The summed E-state index contributed by atoms with van der Waals surface area (Å²) in [6.45, 7) is 15.4. The number of aryl methyl sites for hydroxylation is 1. The number of nitrogens with zero attached hydrogens (tertiary/aromatic N) is 3. The number of anilines is 1. The number of hydrogen-bond acceptors (Lipinski definition) is 7. The van der Waals surface area contributed by atoms with Gasteiger partial charge in [0.1, 0.15) is 0 Å². The standard InChI is InChI=1S/C14H22N4O4.3C2H6/c1-10-9-11(21-2)17-13(16-10)18-6-3-14(4-7-18,12(19)20)22-8-5-15;3*1-2/h9H,3-8,15H2,1-2H3,(H,19,20);3*1-2H3. The minimum Gasteiger partial charge on any atom is -0.481 e. The van der Waals surface area contributed by atoms with E-state index < -0.39 is 11.6 Å². The van der Waals surface area contributed by atoms with Gasteiger partial charge in [-0.25, -0.2) is 9.78 Å². The van der Waals surface area contributed by atoms with Crippen LogP contribution in [-0.4, -0.2) is 60.0 Å². The summed E-state index contributed by atoms with van der Waals surface area (Å²) in [7, 11) is 1.55. The molecule has 1 aromatic heterocycles. The first-order valence-corrected chi connectivity index (χ1v) is 10.2. The van der Waals surface area contributed by atoms with Crippen LogP contribution < -0.4 is 15.4 Å². The van der Waals surface area contributed by atoms with Crippen molar-refractivity contribution in [1.82, 2.24) is 9.97 Å². The maximum Gasteiger partial charge on any atom is 0.336 e. The summed E-state index contributed by atoms with van der Waals surface area (Å²) in [6, 6.07) is 1.75. The first-order valence-electron chi connectivity index (χ1n) is 10.2. The van der Waals surface area contributed by atoms with Crippen LogP contribution >= 0.6 is 0 Å². The van der Waals surface area contributed by atoms with Gasteiger partial charge in [-0.2, -0.15) is 4.98 Å². The van der Waals surface area contributed by atoms with Gasteiger partial charge in [0.2, 0.25) is 11.8 Å². The molecule has 0 aromatic carbocycles. The molecule has 8 heteroatoms. The van der Waals surface area contributed by atoms with Crippen LogP contribution in [0.5, 0.6) is 5.88 Å².